The summed E-state index contributed by atoms with van der Waals surface area (Å²) in [7, 11) is -1.98. The van der Waals surface area contributed by atoms with E-state index in [2.05, 4.69) is 35.7 Å². The summed E-state index contributed by atoms with van der Waals surface area (Å²) in [6, 6.07) is 6.85. The molecule has 0 atom stereocenters. The van der Waals surface area contributed by atoms with E-state index in [4.69, 9.17) is 4.99 Å². The first kappa shape index (κ1) is 18.7. The standard InChI is InChI=1S/C17H28N4O2S/c1-5-19-16(21-11-10-17(2,3)13-21)20-12-14-6-8-15(9-7-14)24(22,23)18-4/h6-9,18H,5,10-13H2,1-4H3,(H,19,20). The van der Waals surface area contributed by atoms with Gasteiger partial charge in [-0.3, -0.25) is 0 Å². The fourth-order valence-corrected chi connectivity index (χ4v) is 3.51. The molecule has 1 aliphatic heterocycles. The molecule has 1 fully saturated rings. The highest BCUT2D eigenvalue weighted by Gasteiger charge is 2.30. The number of hydrogen-bond donors (Lipinski definition) is 2. The predicted octanol–water partition coefficient (Wildman–Crippen LogP) is 1.79. The molecule has 6 nitrogen and oxygen atoms in total. The van der Waals surface area contributed by atoms with Gasteiger partial charge in [-0.15, -0.1) is 0 Å². The van der Waals surface area contributed by atoms with Crippen molar-refractivity contribution < 1.29 is 8.42 Å². The van der Waals surface area contributed by atoms with E-state index in [1.54, 1.807) is 12.1 Å². The van der Waals surface area contributed by atoms with E-state index in [1.165, 1.54) is 7.05 Å². The minimum atomic E-state index is -3.39. The zero-order valence-corrected chi connectivity index (χ0v) is 15.8. The molecule has 0 radical (unpaired) electrons. The van der Waals surface area contributed by atoms with Crippen LogP contribution in [0.1, 0.15) is 32.8 Å². The second-order valence-electron chi connectivity index (χ2n) is 6.86. The van der Waals surface area contributed by atoms with Crippen molar-refractivity contribution >= 4 is 16.0 Å². The summed E-state index contributed by atoms with van der Waals surface area (Å²) in [6.07, 6.45) is 1.16. The van der Waals surface area contributed by atoms with Crippen LogP contribution in [0, 0.1) is 5.41 Å². The van der Waals surface area contributed by atoms with Gasteiger partial charge in [0.05, 0.1) is 11.4 Å². The van der Waals surface area contributed by atoms with E-state index < -0.39 is 10.0 Å². The first-order chi connectivity index (χ1) is 11.3. The van der Waals surface area contributed by atoms with Gasteiger partial charge in [0.2, 0.25) is 10.0 Å². The molecule has 7 heteroatoms. The Morgan fingerprint density at radius 2 is 1.96 bits per heavy atom. The van der Waals surface area contributed by atoms with Gasteiger partial charge in [0, 0.05) is 19.6 Å². The van der Waals surface area contributed by atoms with Gasteiger partial charge in [0.1, 0.15) is 0 Å². The van der Waals surface area contributed by atoms with Crippen LogP contribution < -0.4 is 10.0 Å². The monoisotopic (exact) mass is 352 g/mol. The summed E-state index contributed by atoms with van der Waals surface area (Å²) >= 11 is 0. The molecule has 0 unspecified atom stereocenters. The maximum absolute atomic E-state index is 11.7. The molecular formula is C17H28N4O2S. The topological polar surface area (TPSA) is 73.8 Å². The zero-order valence-electron chi connectivity index (χ0n) is 15.0. The van der Waals surface area contributed by atoms with Crippen LogP contribution in [0.3, 0.4) is 0 Å². The van der Waals surface area contributed by atoms with Crippen LogP contribution in [-0.2, 0) is 16.6 Å². The van der Waals surface area contributed by atoms with Gasteiger partial charge in [-0.05, 0) is 43.5 Å². The van der Waals surface area contributed by atoms with Gasteiger partial charge in [-0.2, -0.15) is 0 Å². The summed E-state index contributed by atoms with van der Waals surface area (Å²) in [5, 5.41) is 3.35. The van der Waals surface area contributed by atoms with E-state index in [0.717, 1.165) is 37.6 Å². The molecule has 0 spiro atoms. The van der Waals surface area contributed by atoms with Crippen LogP contribution in [0.25, 0.3) is 0 Å². The lowest BCUT2D eigenvalue weighted by atomic mass is 9.93. The Morgan fingerprint density at radius 1 is 1.29 bits per heavy atom. The number of guanidine groups is 1. The molecule has 0 saturated carbocycles. The van der Waals surface area contributed by atoms with Crippen molar-refractivity contribution in [2.45, 2.75) is 38.6 Å². The Hall–Kier alpha value is -1.60. The molecule has 1 aliphatic rings. The maximum Gasteiger partial charge on any atom is 0.240 e. The summed E-state index contributed by atoms with van der Waals surface area (Å²) in [5.74, 6) is 0.926. The zero-order chi connectivity index (χ0) is 17.8. The summed E-state index contributed by atoms with van der Waals surface area (Å²) < 4.78 is 25.8. The van der Waals surface area contributed by atoms with E-state index in [9.17, 15) is 8.42 Å². The molecular weight excluding hydrogens is 324 g/mol. The van der Waals surface area contributed by atoms with E-state index in [0.29, 0.717) is 12.0 Å². The minimum absolute atomic E-state index is 0.269. The number of aliphatic imine (C=N–C) groups is 1. The molecule has 0 aromatic heterocycles. The number of sulfonamides is 1. The minimum Gasteiger partial charge on any atom is -0.357 e. The molecule has 24 heavy (non-hydrogen) atoms. The van der Waals surface area contributed by atoms with Gasteiger partial charge >= 0.3 is 0 Å². The van der Waals surface area contributed by atoms with Crippen molar-refractivity contribution in [3.8, 4) is 0 Å². The second kappa shape index (κ2) is 7.53. The second-order valence-corrected chi connectivity index (χ2v) is 8.74. The molecule has 0 amide bonds. The van der Waals surface area contributed by atoms with Crippen LogP contribution >= 0.6 is 0 Å². The lowest BCUT2D eigenvalue weighted by Gasteiger charge is -2.23. The third-order valence-electron chi connectivity index (χ3n) is 4.23. The van der Waals surface area contributed by atoms with Gasteiger partial charge in [-0.25, -0.2) is 18.1 Å². The Kier molecular flexibility index (Phi) is 5.87. The average Bonchev–Trinajstić information content (AvgIpc) is 2.91. The molecule has 134 valence electrons. The van der Waals surface area contributed by atoms with Gasteiger partial charge in [-0.1, -0.05) is 26.0 Å². The Balaban J connectivity index is 2.09. The Bertz CT molecular complexity index is 681. The maximum atomic E-state index is 11.7. The van der Waals surface area contributed by atoms with Crippen LogP contribution in [0.2, 0.25) is 0 Å². The molecule has 2 rings (SSSR count). The smallest absolute Gasteiger partial charge is 0.240 e. The van der Waals surface area contributed by atoms with Crippen molar-refractivity contribution in [3.63, 3.8) is 0 Å². The quantitative estimate of drug-likeness (QED) is 0.626. The van der Waals surface area contributed by atoms with E-state index in [1.807, 2.05) is 12.1 Å². The summed E-state index contributed by atoms with van der Waals surface area (Å²) in [6.45, 7) is 9.98. The predicted molar refractivity (Wildman–Crippen MR) is 97.5 cm³/mol. The van der Waals surface area contributed by atoms with Crippen molar-refractivity contribution in [1.29, 1.82) is 0 Å². The van der Waals surface area contributed by atoms with Gasteiger partial charge in [0.25, 0.3) is 0 Å². The van der Waals surface area contributed by atoms with Crippen LogP contribution in [0.5, 0.6) is 0 Å². The molecule has 1 saturated heterocycles. The molecule has 0 aliphatic carbocycles. The SMILES string of the molecule is CCNC(=NCc1ccc(S(=O)(=O)NC)cc1)N1CCC(C)(C)C1. The number of likely N-dealkylation sites (tertiary alicyclic amines) is 1. The first-order valence-electron chi connectivity index (χ1n) is 8.33. The number of nitrogens with zero attached hydrogens (tertiary/aromatic N) is 2. The number of hydrogen-bond acceptors (Lipinski definition) is 3. The Morgan fingerprint density at radius 3 is 2.46 bits per heavy atom. The Labute approximate surface area is 145 Å². The van der Waals surface area contributed by atoms with Crippen molar-refractivity contribution in [2.75, 3.05) is 26.7 Å². The largest absolute Gasteiger partial charge is 0.357 e. The molecule has 0 bridgehead atoms. The average molecular weight is 353 g/mol. The lowest BCUT2D eigenvalue weighted by molar-refractivity contribution is 0.370. The van der Waals surface area contributed by atoms with Crippen LogP contribution in [0.4, 0.5) is 0 Å². The molecule has 1 aromatic carbocycles. The fraction of sp³-hybridized carbons (Fsp3) is 0.588. The normalized spacial score (nSPS) is 18.0. The molecule has 1 aromatic rings. The lowest BCUT2D eigenvalue weighted by Crippen LogP contribution is -2.40. The highest BCUT2D eigenvalue weighted by molar-refractivity contribution is 7.89. The number of nitrogens with one attached hydrogen (secondary N) is 2. The third kappa shape index (κ3) is 4.70. The van der Waals surface area contributed by atoms with Crippen molar-refractivity contribution in [2.24, 2.45) is 10.4 Å². The van der Waals surface area contributed by atoms with Crippen LogP contribution in [-0.4, -0.2) is 46.0 Å². The fourth-order valence-electron chi connectivity index (χ4n) is 2.78. The van der Waals surface area contributed by atoms with Gasteiger partial charge < -0.3 is 10.2 Å². The van der Waals surface area contributed by atoms with E-state index >= 15 is 0 Å². The van der Waals surface area contributed by atoms with Crippen molar-refractivity contribution in [1.82, 2.24) is 14.9 Å². The number of rotatable bonds is 5. The number of benzene rings is 1. The first-order valence-corrected chi connectivity index (χ1v) is 9.81. The highest BCUT2D eigenvalue weighted by atomic mass is 32.2. The van der Waals surface area contributed by atoms with Crippen molar-refractivity contribution in [3.05, 3.63) is 29.8 Å². The summed E-state index contributed by atoms with van der Waals surface area (Å²) in [4.78, 5) is 7.27. The molecule has 1 heterocycles. The van der Waals surface area contributed by atoms with E-state index in [-0.39, 0.29) is 4.90 Å². The van der Waals surface area contributed by atoms with Crippen LogP contribution in [0.15, 0.2) is 34.2 Å². The summed E-state index contributed by atoms with van der Waals surface area (Å²) in [5.41, 5.74) is 1.30. The molecule has 2 N–H and O–H groups in total. The van der Waals surface area contributed by atoms with Gasteiger partial charge in [0.15, 0.2) is 5.96 Å². The highest BCUT2D eigenvalue weighted by Crippen LogP contribution is 2.28. The third-order valence-corrected chi connectivity index (χ3v) is 5.66.